The molecule has 2 aromatic rings. The number of aliphatic imine (C=N–C) groups is 1. The largest absolute Gasteiger partial charge is 0.444 e. The summed E-state index contributed by atoms with van der Waals surface area (Å²) in [5, 5.41) is 1.88. The highest BCUT2D eigenvalue weighted by atomic mass is 79.9. The normalized spacial score (nSPS) is 14.2. The smallest absolute Gasteiger partial charge is 0.295 e. The number of hydrogen-bond acceptors (Lipinski definition) is 4. The van der Waals surface area contributed by atoms with Gasteiger partial charge in [0, 0.05) is 22.3 Å². The van der Waals surface area contributed by atoms with Crippen LogP contribution in [0.15, 0.2) is 44.4 Å². The number of thioether (sulfide) groups is 1. The molecule has 0 spiro atoms. The monoisotopic (exact) mass is 432 g/mol. The van der Waals surface area contributed by atoms with Crippen molar-refractivity contribution in [1.29, 1.82) is 0 Å². The Kier molecular flexibility index (Phi) is 5.36. The number of nitrogens with zero attached hydrogens (tertiary/aromatic N) is 2. The van der Waals surface area contributed by atoms with Crippen molar-refractivity contribution in [3.8, 4) is 0 Å². The fraction of sp³-hybridized carbons (Fsp3) is 0.200. The summed E-state index contributed by atoms with van der Waals surface area (Å²) < 4.78 is 5.85. The van der Waals surface area contributed by atoms with Crippen LogP contribution in [-0.4, -0.2) is 29.1 Å². The summed E-state index contributed by atoms with van der Waals surface area (Å²) in [4.78, 5) is 18.5. The Morgan fingerprint density at radius 1 is 1.35 bits per heavy atom. The van der Waals surface area contributed by atoms with Crippen LogP contribution in [0.1, 0.15) is 16.1 Å². The lowest BCUT2D eigenvalue weighted by Gasteiger charge is -2.16. The second-order valence-electron chi connectivity index (χ2n) is 4.75. The number of benzene rings is 1. The first-order valence-corrected chi connectivity index (χ1v) is 9.26. The molecule has 0 bridgehead atoms. The van der Waals surface area contributed by atoms with Crippen LogP contribution in [0.3, 0.4) is 0 Å². The minimum atomic E-state index is -0.193. The predicted molar refractivity (Wildman–Crippen MR) is 97.5 cm³/mol. The molecule has 1 aliphatic heterocycles. The van der Waals surface area contributed by atoms with E-state index in [2.05, 4.69) is 20.9 Å². The van der Waals surface area contributed by atoms with Crippen LogP contribution in [0.2, 0.25) is 10.0 Å². The third-order valence-corrected chi connectivity index (χ3v) is 5.28. The second-order valence-corrected chi connectivity index (χ2v) is 7.32. The molecule has 1 aromatic carbocycles. The molecule has 0 radical (unpaired) electrons. The molecule has 4 nitrogen and oxygen atoms in total. The van der Waals surface area contributed by atoms with Crippen molar-refractivity contribution < 1.29 is 9.21 Å². The molecule has 2 heterocycles. The maximum atomic E-state index is 12.5. The molecule has 0 saturated heterocycles. The Morgan fingerprint density at radius 2 is 2.17 bits per heavy atom. The Morgan fingerprint density at radius 3 is 2.87 bits per heavy atom. The van der Waals surface area contributed by atoms with E-state index in [9.17, 15) is 4.79 Å². The first kappa shape index (κ1) is 16.9. The van der Waals surface area contributed by atoms with Crippen molar-refractivity contribution in [3.05, 3.63) is 56.4 Å². The maximum Gasteiger partial charge on any atom is 0.295 e. The lowest BCUT2D eigenvalue weighted by molar-refractivity contribution is 0.0829. The van der Waals surface area contributed by atoms with Gasteiger partial charge in [0.1, 0.15) is 0 Å². The van der Waals surface area contributed by atoms with Gasteiger partial charge < -0.3 is 4.42 Å². The van der Waals surface area contributed by atoms with Gasteiger partial charge in [0.2, 0.25) is 0 Å². The molecule has 0 unspecified atom stereocenters. The van der Waals surface area contributed by atoms with E-state index < -0.39 is 0 Å². The molecule has 23 heavy (non-hydrogen) atoms. The summed E-state index contributed by atoms with van der Waals surface area (Å²) in [7, 11) is 0. The quantitative estimate of drug-likeness (QED) is 0.676. The van der Waals surface area contributed by atoms with Gasteiger partial charge in [-0.05, 0) is 45.8 Å². The van der Waals surface area contributed by atoms with Gasteiger partial charge in [0.15, 0.2) is 15.6 Å². The standard InChI is InChI=1S/C15H11BrCl2N2O2S/c16-13-4-3-12(22-13)14(21)20-6-5-19-15(20)23-8-9-1-2-10(17)7-11(9)18/h1-4,7H,5-6,8H2. The van der Waals surface area contributed by atoms with E-state index in [4.69, 9.17) is 27.6 Å². The van der Waals surface area contributed by atoms with E-state index in [0.717, 1.165) is 5.56 Å². The van der Waals surface area contributed by atoms with Crippen molar-refractivity contribution >= 4 is 62.0 Å². The molecule has 0 atom stereocenters. The SMILES string of the molecule is O=C(c1ccc(Br)o1)N1CCN=C1SCc1ccc(Cl)cc1Cl. The number of amidine groups is 1. The lowest BCUT2D eigenvalue weighted by atomic mass is 10.2. The summed E-state index contributed by atoms with van der Waals surface area (Å²) in [6.45, 7) is 1.14. The highest BCUT2D eigenvalue weighted by molar-refractivity contribution is 9.10. The molecule has 3 rings (SSSR count). The van der Waals surface area contributed by atoms with E-state index in [0.29, 0.717) is 38.7 Å². The van der Waals surface area contributed by atoms with Crippen LogP contribution in [-0.2, 0) is 5.75 Å². The van der Waals surface area contributed by atoms with Gasteiger partial charge in [-0.25, -0.2) is 0 Å². The first-order chi connectivity index (χ1) is 11.0. The molecule has 1 aliphatic rings. The maximum absolute atomic E-state index is 12.5. The molecule has 8 heteroatoms. The second kappa shape index (κ2) is 7.30. The van der Waals surface area contributed by atoms with Gasteiger partial charge in [0.05, 0.1) is 6.54 Å². The Bertz CT molecular complexity index is 779. The predicted octanol–water partition coefficient (Wildman–Crippen LogP) is 5.09. The molecule has 0 saturated carbocycles. The van der Waals surface area contributed by atoms with Crippen molar-refractivity contribution in [3.63, 3.8) is 0 Å². The van der Waals surface area contributed by atoms with Crippen LogP contribution in [0.5, 0.6) is 0 Å². The number of amides is 1. The van der Waals surface area contributed by atoms with Crippen LogP contribution >= 0.6 is 50.9 Å². The molecule has 0 fully saturated rings. The Labute approximate surface area is 156 Å². The molecular weight excluding hydrogens is 423 g/mol. The van der Waals surface area contributed by atoms with Crippen molar-refractivity contribution in [1.82, 2.24) is 4.90 Å². The number of carbonyl (C=O) groups is 1. The zero-order valence-corrected chi connectivity index (χ0v) is 15.7. The molecule has 0 N–H and O–H groups in total. The minimum Gasteiger partial charge on any atom is -0.444 e. The van der Waals surface area contributed by atoms with E-state index in [1.54, 1.807) is 29.2 Å². The number of furan rings is 1. The van der Waals surface area contributed by atoms with E-state index >= 15 is 0 Å². The van der Waals surface area contributed by atoms with Gasteiger partial charge in [-0.1, -0.05) is 41.0 Å². The summed E-state index contributed by atoms with van der Waals surface area (Å²) in [5.74, 6) is 0.707. The summed E-state index contributed by atoms with van der Waals surface area (Å²) in [6.07, 6.45) is 0. The number of carbonyl (C=O) groups excluding carboxylic acids is 1. The van der Waals surface area contributed by atoms with Gasteiger partial charge in [-0.2, -0.15) is 0 Å². The minimum absolute atomic E-state index is 0.193. The topological polar surface area (TPSA) is 45.8 Å². The number of hydrogen-bond donors (Lipinski definition) is 0. The van der Waals surface area contributed by atoms with E-state index in [1.807, 2.05) is 6.07 Å². The highest BCUT2D eigenvalue weighted by Crippen LogP contribution is 2.27. The average Bonchev–Trinajstić information content (AvgIpc) is 3.14. The fourth-order valence-corrected chi connectivity index (χ4v) is 3.99. The third kappa shape index (κ3) is 3.94. The first-order valence-electron chi connectivity index (χ1n) is 6.73. The number of halogens is 3. The van der Waals surface area contributed by atoms with Crippen molar-refractivity contribution in [2.45, 2.75) is 5.75 Å². The van der Waals surface area contributed by atoms with Crippen molar-refractivity contribution in [2.24, 2.45) is 4.99 Å². The zero-order valence-electron chi connectivity index (χ0n) is 11.8. The van der Waals surface area contributed by atoms with E-state index in [-0.39, 0.29) is 11.7 Å². The van der Waals surface area contributed by atoms with Crippen LogP contribution in [0, 0.1) is 0 Å². The van der Waals surface area contributed by atoms with Crippen LogP contribution < -0.4 is 0 Å². The van der Waals surface area contributed by atoms with Gasteiger partial charge in [-0.15, -0.1) is 0 Å². The highest BCUT2D eigenvalue weighted by Gasteiger charge is 2.27. The third-order valence-electron chi connectivity index (χ3n) is 3.20. The summed E-state index contributed by atoms with van der Waals surface area (Å²) >= 11 is 16.7. The molecular formula is C15H11BrCl2N2O2S. The summed E-state index contributed by atoms with van der Waals surface area (Å²) in [5.41, 5.74) is 0.948. The average molecular weight is 434 g/mol. The van der Waals surface area contributed by atoms with Crippen LogP contribution in [0.25, 0.3) is 0 Å². The van der Waals surface area contributed by atoms with Gasteiger partial charge in [0.25, 0.3) is 5.91 Å². The van der Waals surface area contributed by atoms with Crippen LogP contribution in [0.4, 0.5) is 0 Å². The zero-order chi connectivity index (χ0) is 16.4. The Balaban J connectivity index is 1.68. The molecule has 1 amide bonds. The Hall–Kier alpha value is -0.950. The molecule has 1 aromatic heterocycles. The summed E-state index contributed by atoms with van der Waals surface area (Å²) in [6, 6.07) is 8.72. The van der Waals surface area contributed by atoms with Gasteiger partial charge >= 0.3 is 0 Å². The van der Waals surface area contributed by atoms with Crippen molar-refractivity contribution in [2.75, 3.05) is 13.1 Å². The molecule has 120 valence electrons. The molecule has 0 aliphatic carbocycles. The van der Waals surface area contributed by atoms with Gasteiger partial charge in [-0.3, -0.25) is 14.7 Å². The lowest BCUT2D eigenvalue weighted by Crippen LogP contribution is -2.32. The fourth-order valence-electron chi connectivity index (χ4n) is 2.08. The number of rotatable bonds is 3. The van der Waals surface area contributed by atoms with E-state index in [1.165, 1.54) is 11.8 Å².